The van der Waals surface area contributed by atoms with Crippen LogP contribution in [-0.2, 0) is 9.53 Å². The molecule has 1 saturated heterocycles. The van der Waals surface area contributed by atoms with E-state index in [4.69, 9.17) is 4.74 Å². The third-order valence-electron chi connectivity index (χ3n) is 3.35. The second-order valence-electron chi connectivity index (χ2n) is 4.13. The van der Waals surface area contributed by atoms with E-state index in [-0.39, 0.29) is 12.0 Å². The van der Waals surface area contributed by atoms with Crippen LogP contribution < -0.4 is 5.32 Å². The lowest BCUT2D eigenvalue weighted by Crippen LogP contribution is -2.37. The molecule has 2 fully saturated rings. The maximum atomic E-state index is 11.3. The first-order valence-electron chi connectivity index (χ1n) is 5.15. The fraction of sp³-hybridized carbons (Fsp3) is 0.900. The Bertz CT molecular complexity index is 191. The number of ether oxygens (including phenoxy) is 1. The van der Waals surface area contributed by atoms with Gasteiger partial charge in [0.1, 0.15) is 6.04 Å². The third-order valence-corrected chi connectivity index (χ3v) is 3.35. The minimum Gasteiger partial charge on any atom is -0.468 e. The van der Waals surface area contributed by atoms with Crippen LogP contribution in [0.1, 0.15) is 32.1 Å². The quantitative estimate of drug-likeness (QED) is 0.618. The standard InChI is InChI=1S/C10H17NO2/c1-13-10(12)9-6-7-4-2-3-5-8(7)11-9/h7-9,11H,2-6H2,1H3/t7-,8+,9+/m1/s1. The Morgan fingerprint density at radius 3 is 2.85 bits per heavy atom. The first-order chi connectivity index (χ1) is 6.31. The Morgan fingerprint density at radius 1 is 1.38 bits per heavy atom. The van der Waals surface area contributed by atoms with E-state index in [1.807, 2.05) is 0 Å². The number of carbonyl (C=O) groups excluding carboxylic acids is 1. The van der Waals surface area contributed by atoms with Gasteiger partial charge in [0.05, 0.1) is 7.11 Å². The van der Waals surface area contributed by atoms with Gasteiger partial charge in [0.25, 0.3) is 0 Å². The van der Waals surface area contributed by atoms with Crippen molar-refractivity contribution in [1.82, 2.24) is 5.32 Å². The molecule has 3 heteroatoms. The second-order valence-corrected chi connectivity index (χ2v) is 4.13. The van der Waals surface area contributed by atoms with Gasteiger partial charge in [0.15, 0.2) is 0 Å². The van der Waals surface area contributed by atoms with E-state index in [9.17, 15) is 4.79 Å². The number of rotatable bonds is 1. The fourth-order valence-electron chi connectivity index (χ4n) is 2.64. The highest BCUT2D eigenvalue weighted by molar-refractivity contribution is 5.76. The van der Waals surface area contributed by atoms with Crippen LogP contribution >= 0.6 is 0 Å². The lowest BCUT2D eigenvalue weighted by Gasteiger charge is -2.24. The molecule has 13 heavy (non-hydrogen) atoms. The molecule has 1 heterocycles. The van der Waals surface area contributed by atoms with Crippen LogP contribution in [0.4, 0.5) is 0 Å². The van der Waals surface area contributed by atoms with Crippen LogP contribution in [0.25, 0.3) is 0 Å². The molecule has 0 aromatic heterocycles. The molecule has 1 N–H and O–H groups in total. The summed E-state index contributed by atoms with van der Waals surface area (Å²) in [5, 5.41) is 3.37. The summed E-state index contributed by atoms with van der Waals surface area (Å²) >= 11 is 0. The van der Waals surface area contributed by atoms with Gasteiger partial charge < -0.3 is 10.1 Å². The van der Waals surface area contributed by atoms with E-state index in [1.54, 1.807) is 0 Å². The molecule has 1 saturated carbocycles. The minimum atomic E-state index is -0.0885. The van der Waals surface area contributed by atoms with Crippen molar-refractivity contribution in [3.05, 3.63) is 0 Å². The molecule has 2 rings (SSSR count). The van der Waals surface area contributed by atoms with Crippen molar-refractivity contribution in [1.29, 1.82) is 0 Å². The molecule has 3 nitrogen and oxygen atoms in total. The minimum absolute atomic E-state index is 0.0295. The van der Waals surface area contributed by atoms with Gasteiger partial charge in [-0.1, -0.05) is 12.8 Å². The summed E-state index contributed by atoms with van der Waals surface area (Å²) in [5.74, 6) is 0.632. The molecule has 74 valence electrons. The Morgan fingerprint density at radius 2 is 2.15 bits per heavy atom. The summed E-state index contributed by atoms with van der Waals surface area (Å²) in [7, 11) is 1.46. The summed E-state index contributed by atoms with van der Waals surface area (Å²) in [6, 6.07) is 0.552. The zero-order chi connectivity index (χ0) is 9.26. The smallest absolute Gasteiger partial charge is 0.322 e. The summed E-state index contributed by atoms with van der Waals surface area (Å²) in [4.78, 5) is 11.3. The largest absolute Gasteiger partial charge is 0.468 e. The zero-order valence-corrected chi connectivity index (χ0v) is 8.08. The van der Waals surface area contributed by atoms with Gasteiger partial charge in [-0.2, -0.15) is 0 Å². The van der Waals surface area contributed by atoms with Crippen molar-refractivity contribution >= 4 is 5.97 Å². The molecule has 0 unspecified atom stereocenters. The monoisotopic (exact) mass is 183 g/mol. The Labute approximate surface area is 78.8 Å². The van der Waals surface area contributed by atoms with Gasteiger partial charge in [0, 0.05) is 6.04 Å². The van der Waals surface area contributed by atoms with Gasteiger partial charge in [-0.05, 0) is 25.2 Å². The van der Waals surface area contributed by atoms with Crippen molar-refractivity contribution in [3.8, 4) is 0 Å². The number of hydrogen-bond donors (Lipinski definition) is 1. The van der Waals surface area contributed by atoms with Crippen molar-refractivity contribution in [2.75, 3.05) is 7.11 Å². The maximum Gasteiger partial charge on any atom is 0.322 e. The van der Waals surface area contributed by atoms with Crippen LogP contribution in [0.5, 0.6) is 0 Å². The van der Waals surface area contributed by atoms with Crippen LogP contribution in [0, 0.1) is 5.92 Å². The molecular weight excluding hydrogens is 166 g/mol. The molecule has 0 amide bonds. The third kappa shape index (κ3) is 1.70. The van der Waals surface area contributed by atoms with E-state index in [1.165, 1.54) is 32.8 Å². The summed E-state index contributed by atoms with van der Waals surface area (Å²) in [6.45, 7) is 0. The van der Waals surface area contributed by atoms with Crippen LogP contribution in [0.3, 0.4) is 0 Å². The molecular formula is C10H17NO2. The van der Waals surface area contributed by atoms with Crippen LogP contribution in [0.2, 0.25) is 0 Å². The van der Waals surface area contributed by atoms with Gasteiger partial charge in [-0.3, -0.25) is 4.79 Å². The van der Waals surface area contributed by atoms with Crippen molar-refractivity contribution in [2.45, 2.75) is 44.2 Å². The van der Waals surface area contributed by atoms with Gasteiger partial charge in [0.2, 0.25) is 0 Å². The highest BCUT2D eigenvalue weighted by atomic mass is 16.5. The molecule has 1 aliphatic heterocycles. The Balaban J connectivity index is 1.94. The molecule has 2 aliphatic rings. The lowest BCUT2D eigenvalue weighted by molar-refractivity contribution is -0.142. The number of methoxy groups -OCH3 is 1. The predicted molar refractivity (Wildman–Crippen MR) is 49.3 cm³/mol. The second kappa shape index (κ2) is 3.66. The summed E-state index contributed by atoms with van der Waals surface area (Å²) in [5.41, 5.74) is 0. The SMILES string of the molecule is COC(=O)[C@@H]1C[C@H]2CCCC[C@@H]2N1. The van der Waals surface area contributed by atoms with Crippen molar-refractivity contribution in [3.63, 3.8) is 0 Å². The van der Waals surface area contributed by atoms with E-state index < -0.39 is 0 Å². The van der Waals surface area contributed by atoms with E-state index in [0.717, 1.165) is 12.3 Å². The maximum absolute atomic E-state index is 11.3. The first-order valence-corrected chi connectivity index (χ1v) is 5.15. The molecule has 0 bridgehead atoms. The molecule has 0 spiro atoms. The van der Waals surface area contributed by atoms with Gasteiger partial charge >= 0.3 is 5.97 Å². The van der Waals surface area contributed by atoms with Crippen LogP contribution in [0.15, 0.2) is 0 Å². The normalized spacial score (nSPS) is 38.4. The molecule has 1 aliphatic carbocycles. The molecule has 0 aromatic carbocycles. The molecule has 0 aromatic rings. The summed E-state index contributed by atoms with van der Waals surface area (Å²) < 4.78 is 4.74. The van der Waals surface area contributed by atoms with Crippen molar-refractivity contribution < 1.29 is 9.53 Å². The number of hydrogen-bond acceptors (Lipinski definition) is 3. The van der Waals surface area contributed by atoms with Gasteiger partial charge in [-0.15, -0.1) is 0 Å². The Kier molecular flexibility index (Phi) is 2.54. The number of fused-ring (bicyclic) bond motifs is 1. The first kappa shape index (κ1) is 9.00. The van der Waals surface area contributed by atoms with E-state index >= 15 is 0 Å². The van der Waals surface area contributed by atoms with Crippen LogP contribution in [-0.4, -0.2) is 25.2 Å². The highest BCUT2D eigenvalue weighted by Gasteiger charge is 2.38. The average Bonchev–Trinajstić information content (AvgIpc) is 2.59. The topological polar surface area (TPSA) is 38.3 Å². The van der Waals surface area contributed by atoms with Gasteiger partial charge in [-0.25, -0.2) is 0 Å². The predicted octanol–water partition coefficient (Wildman–Crippen LogP) is 1.08. The lowest BCUT2D eigenvalue weighted by atomic mass is 9.85. The number of esters is 1. The molecule has 0 radical (unpaired) electrons. The average molecular weight is 183 g/mol. The zero-order valence-electron chi connectivity index (χ0n) is 8.08. The molecule has 3 atom stereocenters. The fourth-order valence-corrected chi connectivity index (χ4v) is 2.64. The van der Waals surface area contributed by atoms with Crippen molar-refractivity contribution in [2.24, 2.45) is 5.92 Å². The number of nitrogens with one attached hydrogen (secondary N) is 1. The highest BCUT2D eigenvalue weighted by Crippen LogP contribution is 2.33. The number of carbonyl (C=O) groups is 1. The Hall–Kier alpha value is -0.570. The summed E-state index contributed by atoms with van der Waals surface area (Å²) in [6.07, 6.45) is 6.14. The van der Waals surface area contributed by atoms with E-state index in [0.29, 0.717) is 6.04 Å². The van der Waals surface area contributed by atoms with E-state index in [2.05, 4.69) is 5.32 Å².